The summed E-state index contributed by atoms with van der Waals surface area (Å²) < 4.78 is 35.0. The van der Waals surface area contributed by atoms with Crippen molar-refractivity contribution in [3.8, 4) is 0 Å². The molecule has 10 nitrogen and oxygen atoms in total. The Morgan fingerprint density at radius 3 is 2.87 bits per heavy atom. The van der Waals surface area contributed by atoms with Gasteiger partial charge >= 0.3 is 0 Å². The average Bonchev–Trinajstić information content (AvgIpc) is 3.49. The minimum absolute atomic E-state index is 0.0211. The maximum absolute atomic E-state index is 13.3. The lowest BCUT2D eigenvalue weighted by Gasteiger charge is -2.41. The lowest BCUT2D eigenvalue weighted by molar-refractivity contribution is -0.0548. The molecule has 0 aromatic heterocycles. The second kappa shape index (κ2) is 8.77. The van der Waals surface area contributed by atoms with Crippen LogP contribution in [0.2, 0.25) is 0 Å². The molecule has 178 valence electrons. The number of hydrogen-bond acceptors (Lipinski definition) is 9. The number of piperidine rings is 1. The fourth-order valence-electron chi connectivity index (χ4n) is 6.41. The third kappa shape index (κ3) is 4.41. The van der Waals surface area contributed by atoms with E-state index < -0.39 is 20.9 Å². The zero-order valence-corrected chi connectivity index (χ0v) is 19.2. The van der Waals surface area contributed by atoms with E-state index in [1.807, 2.05) is 12.1 Å². The number of likely N-dealkylation sites (N-methyl/N-ethyl adjacent to an activating group) is 1. The van der Waals surface area contributed by atoms with Gasteiger partial charge < -0.3 is 15.2 Å². The molecule has 0 radical (unpaired) electrons. The highest BCUT2D eigenvalue weighted by Gasteiger charge is 2.46. The largest absolute Gasteiger partial charge is 0.387 e. The van der Waals surface area contributed by atoms with E-state index in [1.165, 1.54) is 0 Å². The number of nitrogens with one attached hydrogen (secondary N) is 4. The second-order valence-corrected chi connectivity index (χ2v) is 12.2. The molecule has 6 unspecified atom stereocenters. The van der Waals surface area contributed by atoms with Crippen LogP contribution >= 0.6 is 0 Å². The molecule has 5 aliphatic rings. The lowest BCUT2D eigenvalue weighted by Crippen LogP contribution is -2.57. The molecule has 0 spiro atoms. The normalized spacial score (nSPS) is 45.2. The van der Waals surface area contributed by atoms with Crippen molar-refractivity contribution >= 4 is 10.0 Å². The number of fused-ring (bicyclic) bond motifs is 1. The molecule has 4 saturated heterocycles. The van der Waals surface area contributed by atoms with Crippen molar-refractivity contribution in [2.75, 3.05) is 46.4 Å². The first-order valence-electron chi connectivity index (χ1n) is 11.9. The van der Waals surface area contributed by atoms with Gasteiger partial charge in [0, 0.05) is 51.8 Å². The molecule has 5 rings (SSSR count). The van der Waals surface area contributed by atoms with Crippen molar-refractivity contribution in [2.45, 2.75) is 67.6 Å². The van der Waals surface area contributed by atoms with Gasteiger partial charge in [-0.05, 0) is 44.1 Å². The van der Waals surface area contributed by atoms with Crippen LogP contribution in [0.25, 0.3) is 0 Å². The van der Waals surface area contributed by atoms with Gasteiger partial charge in [-0.3, -0.25) is 10.9 Å². The predicted octanol–water partition coefficient (Wildman–Crippen LogP) is -1.44. The summed E-state index contributed by atoms with van der Waals surface area (Å²) >= 11 is 0. The van der Waals surface area contributed by atoms with Crippen molar-refractivity contribution in [1.82, 2.24) is 30.9 Å². The van der Waals surface area contributed by atoms with Gasteiger partial charge in [-0.1, -0.05) is 6.42 Å². The number of hydrogen-bond donors (Lipinski definition) is 5. The Morgan fingerprint density at radius 2 is 2.06 bits per heavy atom. The van der Waals surface area contributed by atoms with E-state index in [-0.39, 0.29) is 24.2 Å². The molecule has 5 N–H and O–H groups in total. The standard InChI is InChI=1S/C20H38N6O4S/c1-25-19-14(10-22-25)3-2-4-17(19)24-31(28,29)16-11-23-26(12-16)18-9-15(5-7-21-18)20(27)6-8-30-13-20/h14-19,21-24,27H,2-13H2,1H3/t14?,15?,16?,17?,18?,19?,20-/m0/s1. The summed E-state index contributed by atoms with van der Waals surface area (Å²) in [6.45, 7) is 3.64. The molecule has 4 heterocycles. The maximum Gasteiger partial charge on any atom is 0.217 e. The zero-order chi connectivity index (χ0) is 21.6. The zero-order valence-electron chi connectivity index (χ0n) is 18.4. The average molecular weight is 459 g/mol. The Hall–Kier alpha value is -0.370. The van der Waals surface area contributed by atoms with Gasteiger partial charge in [-0.2, -0.15) is 0 Å². The van der Waals surface area contributed by atoms with E-state index >= 15 is 0 Å². The predicted molar refractivity (Wildman–Crippen MR) is 116 cm³/mol. The Balaban J connectivity index is 1.20. The highest BCUT2D eigenvalue weighted by atomic mass is 32.2. The van der Waals surface area contributed by atoms with E-state index in [1.54, 1.807) is 0 Å². The molecule has 11 heteroatoms. The van der Waals surface area contributed by atoms with Crippen molar-refractivity contribution in [3.63, 3.8) is 0 Å². The van der Waals surface area contributed by atoms with E-state index in [0.29, 0.717) is 38.6 Å². The summed E-state index contributed by atoms with van der Waals surface area (Å²) in [5, 5.41) is 18.1. The van der Waals surface area contributed by atoms with Crippen molar-refractivity contribution in [2.24, 2.45) is 11.8 Å². The van der Waals surface area contributed by atoms with Crippen LogP contribution in [0.5, 0.6) is 0 Å². The molecule has 0 aromatic rings. The highest BCUT2D eigenvalue weighted by molar-refractivity contribution is 7.90. The third-order valence-electron chi connectivity index (χ3n) is 8.26. The minimum Gasteiger partial charge on any atom is -0.387 e. The van der Waals surface area contributed by atoms with Crippen molar-refractivity contribution < 1.29 is 18.3 Å². The molecule has 0 bridgehead atoms. The van der Waals surface area contributed by atoms with Crippen LogP contribution < -0.4 is 20.9 Å². The van der Waals surface area contributed by atoms with Gasteiger partial charge in [-0.25, -0.2) is 23.2 Å². The summed E-state index contributed by atoms with van der Waals surface area (Å²) in [7, 11) is -1.42. The lowest BCUT2D eigenvalue weighted by atomic mass is 9.79. The van der Waals surface area contributed by atoms with Gasteiger partial charge in [-0.15, -0.1) is 0 Å². The number of hydrazine groups is 2. The topological polar surface area (TPSA) is 118 Å². The van der Waals surface area contributed by atoms with Crippen LogP contribution in [0.15, 0.2) is 0 Å². The smallest absolute Gasteiger partial charge is 0.217 e. The maximum atomic E-state index is 13.3. The summed E-state index contributed by atoms with van der Waals surface area (Å²) in [4.78, 5) is 0. The fourth-order valence-corrected chi connectivity index (χ4v) is 7.93. The molecule has 4 aliphatic heterocycles. The van der Waals surface area contributed by atoms with Gasteiger partial charge in [0.15, 0.2) is 0 Å². The van der Waals surface area contributed by atoms with Gasteiger partial charge in [0.1, 0.15) is 5.25 Å². The van der Waals surface area contributed by atoms with Crippen LogP contribution in [-0.2, 0) is 14.8 Å². The highest BCUT2D eigenvalue weighted by Crippen LogP contribution is 2.35. The van der Waals surface area contributed by atoms with Crippen LogP contribution in [0.1, 0.15) is 38.5 Å². The quantitative estimate of drug-likeness (QED) is 0.338. The van der Waals surface area contributed by atoms with Gasteiger partial charge in [0.05, 0.1) is 18.4 Å². The van der Waals surface area contributed by atoms with Crippen molar-refractivity contribution in [3.05, 3.63) is 0 Å². The molecule has 7 atom stereocenters. The molecule has 31 heavy (non-hydrogen) atoms. The Kier molecular flexibility index (Phi) is 6.34. The first-order valence-corrected chi connectivity index (χ1v) is 13.4. The first kappa shape index (κ1) is 22.4. The van der Waals surface area contributed by atoms with Crippen LogP contribution in [0.4, 0.5) is 0 Å². The first-order chi connectivity index (χ1) is 14.9. The number of ether oxygens (including phenoxy) is 1. The molecular formula is C20H38N6O4S. The molecule has 5 fully saturated rings. The van der Waals surface area contributed by atoms with Gasteiger partial charge in [0.25, 0.3) is 0 Å². The molecular weight excluding hydrogens is 420 g/mol. The van der Waals surface area contributed by atoms with E-state index in [9.17, 15) is 13.5 Å². The second-order valence-electron chi connectivity index (χ2n) is 10.2. The summed E-state index contributed by atoms with van der Waals surface area (Å²) in [5.74, 6) is 0.680. The third-order valence-corrected chi connectivity index (χ3v) is 10.1. The van der Waals surface area contributed by atoms with Crippen LogP contribution in [0, 0.1) is 11.8 Å². The minimum atomic E-state index is -3.44. The summed E-state index contributed by atoms with van der Waals surface area (Å²) in [6, 6.07) is 0.190. The molecule has 1 saturated carbocycles. The monoisotopic (exact) mass is 458 g/mol. The summed E-state index contributed by atoms with van der Waals surface area (Å²) in [5.41, 5.74) is 5.94. The number of nitrogens with zero attached hydrogens (tertiary/aromatic N) is 2. The number of aliphatic hydroxyl groups is 1. The Bertz CT molecular complexity index is 746. The Morgan fingerprint density at radius 1 is 1.19 bits per heavy atom. The number of rotatable bonds is 5. The van der Waals surface area contributed by atoms with Gasteiger partial charge in [0.2, 0.25) is 10.0 Å². The fraction of sp³-hybridized carbons (Fsp3) is 1.00. The summed E-state index contributed by atoms with van der Waals surface area (Å²) in [6.07, 6.45) is 5.53. The molecule has 0 aromatic carbocycles. The van der Waals surface area contributed by atoms with Crippen LogP contribution in [0.3, 0.4) is 0 Å². The van der Waals surface area contributed by atoms with E-state index in [2.05, 4.69) is 25.9 Å². The SMILES string of the molecule is CN1NCC2CCCC(NS(=O)(=O)C3CNN(C4CC([C@]5(O)CCOC5)CCN4)C3)C21. The number of sulfonamides is 1. The Labute approximate surface area is 185 Å². The van der Waals surface area contributed by atoms with Crippen LogP contribution in [-0.4, -0.2) is 99.1 Å². The molecule has 1 aliphatic carbocycles. The van der Waals surface area contributed by atoms with E-state index in [0.717, 1.165) is 45.2 Å². The van der Waals surface area contributed by atoms with E-state index in [4.69, 9.17) is 4.74 Å². The van der Waals surface area contributed by atoms with Crippen molar-refractivity contribution in [1.29, 1.82) is 0 Å². The molecule has 0 amide bonds.